The summed E-state index contributed by atoms with van der Waals surface area (Å²) in [6, 6.07) is 0. The van der Waals surface area contributed by atoms with E-state index in [-0.39, 0.29) is 18.4 Å². The van der Waals surface area contributed by atoms with Gasteiger partial charge in [-0.15, -0.1) is 0 Å². The van der Waals surface area contributed by atoms with Gasteiger partial charge in [-0.3, -0.25) is 0 Å². The third-order valence-electron chi connectivity index (χ3n) is 4.74. The molecular formula is C15H28O3. The molecule has 106 valence electrons. The lowest BCUT2D eigenvalue weighted by Gasteiger charge is -2.35. The van der Waals surface area contributed by atoms with Gasteiger partial charge >= 0.3 is 0 Å². The normalized spacial score (nSPS) is 36.7. The molecule has 4 atom stereocenters. The molecular weight excluding hydrogens is 228 g/mol. The lowest BCUT2D eigenvalue weighted by molar-refractivity contribution is -0.0541. The van der Waals surface area contributed by atoms with Gasteiger partial charge in [-0.05, 0) is 58.3 Å². The van der Waals surface area contributed by atoms with Crippen LogP contribution in [0.2, 0.25) is 0 Å². The van der Waals surface area contributed by atoms with Crippen LogP contribution in [-0.2, 0) is 0 Å². The number of allylic oxidation sites excluding steroid dienone is 1. The molecule has 0 amide bonds. The van der Waals surface area contributed by atoms with Crippen molar-refractivity contribution < 1.29 is 15.3 Å². The average Bonchev–Trinajstić information content (AvgIpc) is 2.54. The zero-order chi connectivity index (χ0) is 14.0. The lowest BCUT2D eigenvalue weighted by atomic mass is 9.76. The van der Waals surface area contributed by atoms with Crippen LogP contribution in [-0.4, -0.2) is 33.1 Å². The number of hydrogen-bond acceptors (Lipinski definition) is 3. The molecule has 0 aromatic rings. The Bertz CT molecular complexity index is 305. The molecule has 1 fully saturated rings. The first-order chi connectivity index (χ1) is 8.20. The van der Waals surface area contributed by atoms with E-state index in [9.17, 15) is 10.2 Å². The Morgan fingerprint density at radius 1 is 1.50 bits per heavy atom. The summed E-state index contributed by atoms with van der Waals surface area (Å²) in [4.78, 5) is 0. The van der Waals surface area contributed by atoms with Gasteiger partial charge in [0.1, 0.15) is 0 Å². The zero-order valence-electron chi connectivity index (χ0n) is 12.1. The minimum absolute atomic E-state index is 0.0800. The second-order valence-electron chi connectivity index (χ2n) is 6.40. The Hall–Kier alpha value is -0.380. The van der Waals surface area contributed by atoms with Crippen molar-refractivity contribution in [2.45, 2.75) is 64.6 Å². The first-order valence-electron chi connectivity index (χ1n) is 6.92. The summed E-state index contributed by atoms with van der Waals surface area (Å²) in [5.41, 5.74) is -0.449. The van der Waals surface area contributed by atoms with E-state index < -0.39 is 11.2 Å². The van der Waals surface area contributed by atoms with Crippen molar-refractivity contribution in [1.82, 2.24) is 0 Å². The highest BCUT2D eigenvalue weighted by Crippen LogP contribution is 2.46. The summed E-state index contributed by atoms with van der Waals surface area (Å²) < 4.78 is 0. The molecule has 1 saturated carbocycles. The third-order valence-corrected chi connectivity index (χ3v) is 4.74. The second kappa shape index (κ2) is 5.72. The SMILES string of the molecule is C/C(=C\CC[C@@](C)(O)[C@@H]1CC[C@@](C)(O)[C@H]1C)CO. The van der Waals surface area contributed by atoms with Gasteiger partial charge in [-0.1, -0.05) is 18.6 Å². The molecule has 0 aromatic heterocycles. The van der Waals surface area contributed by atoms with Crippen LogP contribution in [0.15, 0.2) is 11.6 Å². The van der Waals surface area contributed by atoms with E-state index in [0.29, 0.717) is 6.42 Å². The predicted molar refractivity (Wildman–Crippen MR) is 73.2 cm³/mol. The number of aliphatic hydroxyl groups is 3. The van der Waals surface area contributed by atoms with Crippen LogP contribution in [0.1, 0.15) is 53.4 Å². The van der Waals surface area contributed by atoms with E-state index in [1.54, 1.807) is 0 Å². The first kappa shape index (κ1) is 15.7. The van der Waals surface area contributed by atoms with Gasteiger partial charge in [0.15, 0.2) is 0 Å². The molecule has 3 nitrogen and oxygen atoms in total. The Labute approximate surface area is 111 Å². The molecule has 0 heterocycles. The van der Waals surface area contributed by atoms with Gasteiger partial charge in [-0.25, -0.2) is 0 Å². The van der Waals surface area contributed by atoms with E-state index in [4.69, 9.17) is 5.11 Å². The molecule has 1 aliphatic carbocycles. The summed E-state index contributed by atoms with van der Waals surface area (Å²) in [6.45, 7) is 7.73. The molecule has 0 spiro atoms. The molecule has 0 radical (unpaired) electrons. The van der Waals surface area contributed by atoms with Crippen molar-refractivity contribution in [3.05, 3.63) is 11.6 Å². The fraction of sp³-hybridized carbons (Fsp3) is 0.867. The van der Waals surface area contributed by atoms with Gasteiger partial charge in [-0.2, -0.15) is 0 Å². The molecule has 1 aliphatic rings. The molecule has 18 heavy (non-hydrogen) atoms. The van der Waals surface area contributed by atoms with Gasteiger partial charge in [0.2, 0.25) is 0 Å². The minimum atomic E-state index is -0.744. The van der Waals surface area contributed by atoms with E-state index in [0.717, 1.165) is 24.8 Å². The second-order valence-corrected chi connectivity index (χ2v) is 6.40. The number of rotatable bonds is 5. The van der Waals surface area contributed by atoms with E-state index >= 15 is 0 Å². The highest BCUT2D eigenvalue weighted by molar-refractivity contribution is 5.02. The van der Waals surface area contributed by atoms with Crippen LogP contribution < -0.4 is 0 Å². The van der Waals surface area contributed by atoms with Crippen molar-refractivity contribution in [2.24, 2.45) is 11.8 Å². The van der Waals surface area contributed by atoms with E-state index in [1.807, 2.05) is 33.8 Å². The summed E-state index contributed by atoms with van der Waals surface area (Å²) in [5, 5.41) is 29.7. The van der Waals surface area contributed by atoms with Crippen LogP contribution in [0.5, 0.6) is 0 Å². The molecule has 3 N–H and O–H groups in total. The van der Waals surface area contributed by atoms with Gasteiger partial charge in [0.05, 0.1) is 17.8 Å². The highest BCUT2D eigenvalue weighted by atomic mass is 16.3. The molecule has 0 aromatic carbocycles. The van der Waals surface area contributed by atoms with Crippen molar-refractivity contribution in [1.29, 1.82) is 0 Å². The Morgan fingerprint density at radius 2 is 2.11 bits per heavy atom. The monoisotopic (exact) mass is 256 g/mol. The van der Waals surface area contributed by atoms with Gasteiger partial charge < -0.3 is 15.3 Å². The topological polar surface area (TPSA) is 60.7 Å². The Kier molecular flexibility index (Phi) is 4.98. The van der Waals surface area contributed by atoms with Crippen LogP contribution in [0.25, 0.3) is 0 Å². The molecule has 0 bridgehead atoms. The minimum Gasteiger partial charge on any atom is -0.392 e. The van der Waals surface area contributed by atoms with Crippen molar-refractivity contribution in [3.63, 3.8) is 0 Å². The summed E-state index contributed by atoms with van der Waals surface area (Å²) >= 11 is 0. The van der Waals surface area contributed by atoms with Crippen molar-refractivity contribution in [3.8, 4) is 0 Å². The quantitative estimate of drug-likeness (QED) is 0.661. The molecule has 0 aliphatic heterocycles. The fourth-order valence-electron chi connectivity index (χ4n) is 3.07. The molecule has 0 saturated heterocycles. The van der Waals surface area contributed by atoms with Gasteiger partial charge in [0.25, 0.3) is 0 Å². The smallest absolute Gasteiger partial charge is 0.0654 e. The molecule has 0 unspecified atom stereocenters. The van der Waals surface area contributed by atoms with Crippen molar-refractivity contribution >= 4 is 0 Å². The van der Waals surface area contributed by atoms with E-state index in [2.05, 4.69) is 0 Å². The lowest BCUT2D eigenvalue weighted by Crippen LogP contribution is -2.40. The third kappa shape index (κ3) is 3.56. The Balaban J connectivity index is 2.59. The summed E-state index contributed by atoms with van der Waals surface area (Å²) in [6.07, 6.45) is 5.07. The zero-order valence-corrected chi connectivity index (χ0v) is 12.1. The maximum atomic E-state index is 10.6. The first-order valence-corrected chi connectivity index (χ1v) is 6.92. The summed E-state index contributed by atoms with van der Waals surface area (Å²) in [7, 11) is 0. The molecule has 1 rings (SSSR count). The van der Waals surface area contributed by atoms with Crippen LogP contribution in [0.3, 0.4) is 0 Å². The van der Waals surface area contributed by atoms with Crippen LogP contribution >= 0.6 is 0 Å². The fourth-order valence-corrected chi connectivity index (χ4v) is 3.07. The van der Waals surface area contributed by atoms with E-state index in [1.165, 1.54) is 0 Å². The van der Waals surface area contributed by atoms with Crippen molar-refractivity contribution in [2.75, 3.05) is 6.61 Å². The van der Waals surface area contributed by atoms with Crippen LogP contribution in [0.4, 0.5) is 0 Å². The average molecular weight is 256 g/mol. The highest BCUT2D eigenvalue weighted by Gasteiger charge is 2.47. The molecule has 3 heteroatoms. The predicted octanol–water partition coefficient (Wildman–Crippen LogP) is 2.25. The maximum Gasteiger partial charge on any atom is 0.0654 e. The largest absolute Gasteiger partial charge is 0.392 e. The maximum absolute atomic E-state index is 10.6. The van der Waals surface area contributed by atoms with Crippen LogP contribution in [0, 0.1) is 11.8 Å². The Morgan fingerprint density at radius 3 is 2.56 bits per heavy atom. The van der Waals surface area contributed by atoms with Gasteiger partial charge in [0, 0.05) is 0 Å². The number of hydrogen-bond donors (Lipinski definition) is 3. The summed E-state index contributed by atoms with van der Waals surface area (Å²) in [5.74, 6) is 0.269. The standard InChI is InChI=1S/C15H28O3/c1-11(10-16)6-5-8-15(4,18)13-7-9-14(3,17)12(13)2/h6,12-13,16-18H,5,7-10H2,1-4H3/b11-6+/t12-,13+,14+,15+/m0/s1. The number of aliphatic hydroxyl groups excluding tert-OH is 1.